The van der Waals surface area contributed by atoms with E-state index in [1.54, 1.807) is 0 Å². The molecular weight excluding hydrogens is 950 g/mol. The number of amides is 2. The number of aromatic nitrogens is 2. The van der Waals surface area contributed by atoms with Gasteiger partial charge in [-0.05, 0) is 98.5 Å². The number of halogens is 4. The zero-order valence-electron chi connectivity index (χ0n) is 33.5. The van der Waals surface area contributed by atoms with E-state index in [2.05, 4.69) is 20.6 Å². The lowest BCUT2D eigenvalue weighted by Gasteiger charge is -2.47. The zero-order chi connectivity index (χ0) is 45.3. The smallest absolute Gasteiger partial charge is 0.280 e. The van der Waals surface area contributed by atoms with E-state index in [4.69, 9.17) is 32.7 Å². The Bertz CT molecular complexity index is 2680. The van der Waals surface area contributed by atoms with Crippen LogP contribution in [0.5, 0.6) is 11.5 Å². The fourth-order valence-corrected chi connectivity index (χ4v) is 13.3. The van der Waals surface area contributed by atoms with Gasteiger partial charge >= 0.3 is 0 Å². The largest absolute Gasteiger partial charge is 0.467 e. The summed E-state index contributed by atoms with van der Waals surface area (Å²) in [5, 5.41) is 2.36. The molecule has 64 heavy (non-hydrogen) atoms. The predicted molar refractivity (Wildman–Crippen MR) is 241 cm³/mol. The maximum atomic E-state index is 15.8. The van der Waals surface area contributed by atoms with E-state index in [0.29, 0.717) is 48.4 Å². The third kappa shape index (κ3) is 8.87. The van der Waals surface area contributed by atoms with Crippen LogP contribution in [0, 0.1) is 10.3 Å². The van der Waals surface area contributed by atoms with Crippen LogP contribution in [0.3, 0.4) is 0 Å². The first-order valence-electron chi connectivity index (χ1n) is 20.1. The van der Waals surface area contributed by atoms with E-state index in [9.17, 15) is 25.6 Å². The quantitative estimate of drug-likeness (QED) is 0.101. The predicted octanol–water partition coefficient (Wildman–Crippen LogP) is 10.1. The van der Waals surface area contributed by atoms with Gasteiger partial charge < -0.3 is 9.47 Å². The van der Waals surface area contributed by atoms with Crippen molar-refractivity contribution in [1.82, 2.24) is 9.97 Å². The number of nitrogens with zero attached hydrogens (tertiary/aromatic N) is 2. The fraction of sp³-hybridized carbons (Fsp3) is 0.273. The summed E-state index contributed by atoms with van der Waals surface area (Å²) in [4.78, 5) is 39.5. The van der Waals surface area contributed by atoms with Crippen molar-refractivity contribution < 1.29 is 44.7 Å². The second-order valence-electron chi connectivity index (χ2n) is 15.3. The van der Waals surface area contributed by atoms with Gasteiger partial charge in [0.2, 0.25) is 0 Å². The summed E-state index contributed by atoms with van der Waals surface area (Å²) in [5.74, 6) is -2.55. The van der Waals surface area contributed by atoms with Crippen molar-refractivity contribution in [3.63, 3.8) is 0 Å². The van der Waals surface area contributed by atoms with Crippen LogP contribution < -0.4 is 20.1 Å². The molecule has 0 radical (unpaired) electrons. The molecule has 2 aliphatic rings. The molecule has 2 fully saturated rings. The highest BCUT2D eigenvalue weighted by atomic mass is 35.5. The highest BCUT2D eigenvalue weighted by molar-refractivity contribution is 7.92. The molecule has 8 rings (SSSR count). The average molecular weight is 988 g/mol. The van der Waals surface area contributed by atoms with Crippen LogP contribution >= 0.6 is 45.9 Å². The lowest BCUT2D eigenvalue weighted by Crippen LogP contribution is -2.67. The lowest BCUT2D eigenvalue weighted by atomic mass is 9.71. The van der Waals surface area contributed by atoms with Crippen LogP contribution in [-0.4, -0.2) is 49.1 Å². The Balaban J connectivity index is 1.46. The molecule has 12 nitrogen and oxygen atoms in total. The number of nitrogens with one attached hydrogen (secondary N) is 2. The minimum Gasteiger partial charge on any atom is -0.467 e. The van der Waals surface area contributed by atoms with Crippen molar-refractivity contribution >= 4 is 87.6 Å². The third-order valence-electron chi connectivity index (χ3n) is 11.4. The van der Waals surface area contributed by atoms with Gasteiger partial charge in [0.15, 0.2) is 40.2 Å². The number of carbonyl (C=O) groups excluding carboxylic acids is 2. The zero-order valence-corrected chi connectivity index (χ0v) is 38.3. The topological polar surface area (TPSA) is 171 Å². The number of hydrogen-bond donors (Lipinski definition) is 2. The van der Waals surface area contributed by atoms with Crippen LogP contribution in [0.25, 0.3) is 0 Å². The van der Waals surface area contributed by atoms with Gasteiger partial charge in [-0.15, -0.1) is 0 Å². The van der Waals surface area contributed by atoms with Crippen molar-refractivity contribution in [2.75, 3.05) is 10.6 Å². The van der Waals surface area contributed by atoms with Gasteiger partial charge in [-0.3, -0.25) is 20.2 Å². The van der Waals surface area contributed by atoms with Crippen molar-refractivity contribution in [3.05, 3.63) is 141 Å². The van der Waals surface area contributed by atoms with E-state index in [0.717, 1.165) is 38.1 Å². The number of hydrogen-bond acceptors (Lipinski definition) is 12. The summed E-state index contributed by atoms with van der Waals surface area (Å²) in [5.41, 5.74) is -6.16. The maximum absolute atomic E-state index is 15.8. The molecular formula is C44H38Cl2F2N4O8S4. The van der Waals surface area contributed by atoms with E-state index in [1.807, 2.05) is 0 Å². The van der Waals surface area contributed by atoms with E-state index < -0.39 is 63.5 Å². The molecule has 4 aromatic carbocycles. The van der Waals surface area contributed by atoms with Gasteiger partial charge in [0.05, 0.1) is 32.7 Å². The molecule has 0 bridgehead atoms. The van der Waals surface area contributed by atoms with Gasteiger partial charge in [-0.1, -0.05) is 95.8 Å². The number of ether oxygens (including phenoxy) is 2. The number of thiazole rings is 2. The molecule has 2 aliphatic carbocycles. The molecule has 0 aliphatic heterocycles. The maximum Gasteiger partial charge on any atom is 0.280 e. The Labute approximate surface area is 385 Å². The SMILES string of the molecule is O=C(Nc1ncc(F)s1)C(Oc1ccc(Cl)cc1)(c1ccc(S(=O)(=O)C2CCCC2)cc1)C(Oc1ccc(Cl)cc1)(C(=O)Nc1ncc(F)s1)c1ccc(S(=O)(=O)C2CCCC2)cc1. The van der Waals surface area contributed by atoms with Crippen molar-refractivity contribution in [2.45, 2.75) is 82.9 Å². The van der Waals surface area contributed by atoms with Crippen molar-refractivity contribution in [3.8, 4) is 11.5 Å². The summed E-state index contributed by atoms with van der Waals surface area (Å²) < 4.78 is 98.9. The summed E-state index contributed by atoms with van der Waals surface area (Å²) in [7, 11) is -7.76. The molecule has 0 spiro atoms. The van der Waals surface area contributed by atoms with Gasteiger partial charge in [-0.2, -0.15) is 8.78 Å². The molecule has 2 N–H and O–H groups in total. The molecule has 2 atom stereocenters. The molecule has 2 saturated carbocycles. The van der Waals surface area contributed by atoms with Crippen LogP contribution in [0.1, 0.15) is 62.5 Å². The Morgan fingerprint density at radius 1 is 0.562 bits per heavy atom. The number of anilines is 2. The summed E-state index contributed by atoms with van der Waals surface area (Å²) in [6.45, 7) is 0. The Morgan fingerprint density at radius 3 is 1.19 bits per heavy atom. The van der Waals surface area contributed by atoms with Crippen LogP contribution in [-0.2, 0) is 40.5 Å². The highest BCUT2D eigenvalue weighted by Crippen LogP contribution is 2.50. The standard InChI is InChI=1S/C44H38Cl2F2N4O8S4/c45-29-13-17-31(18-14-29)59-43(39(53)51-41-49-25-37(47)61-41,27-9-21-35(22-10-27)63(55,56)33-5-1-2-6-33)44(60-32-19-15-30(46)16-20-32,40(54)52-42-50-26-38(48)62-42)28-11-23-36(24-12-28)64(57,58)34-7-3-4-8-34/h9-26,33-34H,1-8H2,(H,49,51,53)(H,50,52,54). The number of sulfone groups is 2. The fourth-order valence-electron chi connectivity index (χ4n) is 8.24. The van der Waals surface area contributed by atoms with Crippen molar-refractivity contribution in [2.24, 2.45) is 0 Å². The Hall–Kier alpha value is -4.98. The first kappa shape index (κ1) is 45.6. The molecule has 2 aromatic heterocycles. The molecule has 334 valence electrons. The van der Waals surface area contributed by atoms with E-state index in [1.165, 1.54) is 97.1 Å². The Morgan fingerprint density at radius 2 is 0.891 bits per heavy atom. The minimum absolute atomic E-state index is 0.0700. The summed E-state index contributed by atoms with van der Waals surface area (Å²) in [6, 6.07) is 21.8. The second kappa shape index (κ2) is 18.5. The molecule has 2 unspecified atom stereocenters. The van der Waals surface area contributed by atoms with Gasteiger partial charge in [0.25, 0.3) is 23.0 Å². The summed E-state index contributed by atoms with van der Waals surface area (Å²) in [6.07, 6.45) is 6.53. The molecule has 20 heteroatoms. The van der Waals surface area contributed by atoms with Gasteiger partial charge in [0, 0.05) is 21.2 Å². The minimum atomic E-state index is -3.88. The van der Waals surface area contributed by atoms with Gasteiger partial charge in [0.1, 0.15) is 11.5 Å². The van der Waals surface area contributed by atoms with Crippen LogP contribution in [0.2, 0.25) is 10.0 Å². The molecule has 0 saturated heterocycles. The van der Waals surface area contributed by atoms with Crippen LogP contribution in [0.4, 0.5) is 19.0 Å². The van der Waals surface area contributed by atoms with Crippen LogP contribution in [0.15, 0.2) is 119 Å². The molecule has 2 heterocycles. The van der Waals surface area contributed by atoms with E-state index in [-0.39, 0.29) is 52.7 Å². The number of benzene rings is 4. The first-order valence-corrected chi connectivity index (χ1v) is 25.5. The molecule has 2 amide bonds. The normalized spacial score (nSPS) is 16.8. The number of rotatable bonds is 15. The lowest BCUT2D eigenvalue weighted by molar-refractivity contribution is -0.172. The first-order chi connectivity index (χ1) is 30.6. The summed E-state index contributed by atoms with van der Waals surface area (Å²) >= 11 is 13.6. The van der Waals surface area contributed by atoms with E-state index >= 15 is 9.59 Å². The average Bonchev–Trinajstić information content (AvgIpc) is 4.14. The second-order valence-corrected chi connectivity index (χ2v) is 22.6. The third-order valence-corrected chi connectivity index (χ3v) is 17.8. The van der Waals surface area contributed by atoms with Gasteiger partial charge in [-0.25, -0.2) is 26.8 Å². The monoisotopic (exact) mass is 986 g/mol. The number of carbonyl (C=O) groups is 2. The molecule has 6 aromatic rings. The van der Waals surface area contributed by atoms with Crippen molar-refractivity contribution in [1.29, 1.82) is 0 Å². The highest BCUT2D eigenvalue weighted by Gasteiger charge is 2.69. The Kier molecular flexibility index (Phi) is 13.2.